The van der Waals surface area contributed by atoms with E-state index in [-0.39, 0.29) is 9.79 Å². The Kier molecular flexibility index (Phi) is 7.18. The molecule has 0 aliphatic carbocycles. The van der Waals surface area contributed by atoms with Crippen molar-refractivity contribution in [2.45, 2.75) is 9.79 Å². The Bertz CT molecular complexity index is 1440. The second kappa shape index (κ2) is 9.59. The molecule has 8 nitrogen and oxygen atoms in total. The Hall–Kier alpha value is -3.18. The summed E-state index contributed by atoms with van der Waals surface area (Å²) >= 11 is 0. The number of fused-ring (bicyclic) bond motifs is 2. The number of hydrogen-bond donors (Lipinski definition) is 2. The lowest BCUT2D eigenvalue weighted by molar-refractivity contribution is 0.482. The smallest absolute Gasteiger partial charge is 0.295 e. The van der Waals surface area contributed by atoms with Gasteiger partial charge in [0.15, 0.2) is 0 Å². The maximum absolute atomic E-state index is 11.3. The fourth-order valence-electron chi connectivity index (χ4n) is 3.76. The van der Waals surface area contributed by atoms with Gasteiger partial charge in [-0.15, -0.1) is 0 Å². The molecule has 180 valence electrons. The lowest BCUT2D eigenvalue weighted by Gasteiger charge is -2.16. The largest absolute Gasteiger partial charge is 0.377 e. The van der Waals surface area contributed by atoms with Crippen molar-refractivity contribution in [1.29, 1.82) is 0 Å². The quantitative estimate of drug-likeness (QED) is 0.397. The maximum atomic E-state index is 11.3. The van der Waals surface area contributed by atoms with Gasteiger partial charge < -0.3 is 9.80 Å². The number of anilines is 2. The molecule has 0 bridgehead atoms. The fourth-order valence-corrected chi connectivity index (χ4v) is 5.17. The number of benzene rings is 4. The lowest BCUT2D eigenvalue weighted by Crippen LogP contribution is -2.09. The van der Waals surface area contributed by atoms with E-state index < -0.39 is 20.2 Å². The van der Waals surface area contributed by atoms with Crippen molar-refractivity contribution in [2.75, 3.05) is 38.0 Å². The maximum Gasteiger partial charge on any atom is 0.295 e. The zero-order valence-corrected chi connectivity index (χ0v) is 20.8. The number of hydrogen-bond acceptors (Lipinski definition) is 6. The molecule has 0 saturated heterocycles. The van der Waals surface area contributed by atoms with Crippen molar-refractivity contribution in [1.82, 2.24) is 0 Å². The summed E-state index contributed by atoms with van der Waals surface area (Å²) in [5.41, 5.74) is 1.82. The van der Waals surface area contributed by atoms with E-state index in [1.165, 1.54) is 12.1 Å². The minimum Gasteiger partial charge on any atom is -0.377 e. The van der Waals surface area contributed by atoms with Crippen LogP contribution in [0.1, 0.15) is 0 Å². The molecule has 4 aromatic rings. The first-order chi connectivity index (χ1) is 15.8. The molecule has 34 heavy (non-hydrogen) atoms. The number of nitrogens with zero attached hydrogens (tertiary/aromatic N) is 2. The van der Waals surface area contributed by atoms with Crippen LogP contribution in [-0.2, 0) is 20.2 Å². The molecular weight excluding hydrogens is 476 g/mol. The minimum absolute atomic E-state index is 0.0568. The molecule has 4 rings (SSSR count). The molecule has 0 heterocycles. The van der Waals surface area contributed by atoms with Crippen LogP contribution in [0.4, 0.5) is 11.4 Å². The summed E-state index contributed by atoms with van der Waals surface area (Å²) in [7, 11) is -0.846. The van der Waals surface area contributed by atoms with Crippen molar-refractivity contribution in [2.24, 2.45) is 0 Å². The van der Waals surface area contributed by atoms with Gasteiger partial charge in [0.1, 0.15) is 9.79 Å². The van der Waals surface area contributed by atoms with Crippen LogP contribution in [0.5, 0.6) is 0 Å². The molecule has 4 aromatic carbocycles. The van der Waals surface area contributed by atoms with Gasteiger partial charge >= 0.3 is 0 Å². The van der Waals surface area contributed by atoms with Crippen molar-refractivity contribution < 1.29 is 25.9 Å². The van der Waals surface area contributed by atoms with E-state index >= 15 is 0 Å². The van der Waals surface area contributed by atoms with Crippen LogP contribution >= 0.6 is 0 Å². The SMILES string of the molecule is CN(C)c1cccc2c(S(=O)(=O)O)cccc12.CN(C)c1cccc2c(S(=O)(=O)O)cccc12. The summed E-state index contributed by atoms with van der Waals surface area (Å²) in [4.78, 5) is 3.68. The van der Waals surface area contributed by atoms with Gasteiger partial charge in [0.05, 0.1) is 0 Å². The predicted octanol–water partition coefficient (Wildman–Crippen LogP) is 4.31. The highest BCUT2D eigenvalue weighted by Crippen LogP contribution is 2.31. The van der Waals surface area contributed by atoms with E-state index in [0.29, 0.717) is 10.8 Å². The molecule has 0 amide bonds. The van der Waals surface area contributed by atoms with Crippen LogP contribution in [-0.4, -0.2) is 54.1 Å². The van der Waals surface area contributed by atoms with Gasteiger partial charge in [0, 0.05) is 61.1 Å². The van der Waals surface area contributed by atoms with E-state index in [4.69, 9.17) is 0 Å². The van der Waals surface area contributed by atoms with E-state index in [1.807, 2.05) is 62.3 Å². The third kappa shape index (κ3) is 5.31. The molecule has 0 saturated carbocycles. The van der Waals surface area contributed by atoms with Gasteiger partial charge in [0.25, 0.3) is 20.2 Å². The van der Waals surface area contributed by atoms with Gasteiger partial charge in [-0.25, -0.2) is 0 Å². The molecule has 0 atom stereocenters. The van der Waals surface area contributed by atoms with Crippen molar-refractivity contribution in [3.8, 4) is 0 Å². The van der Waals surface area contributed by atoms with Crippen LogP contribution in [0.3, 0.4) is 0 Å². The standard InChI is InChI=1S/2C12H13NO3S/c2*1-13(2)11-7-3-6-10-9(11)5-4-8-12(10)17(14,15)16/h2*3-8H,1-2H3,(H,14,15,16). The normalized spacial score (nSPS) is 11.7. The van der Waals surface area contributed by atoms with E-state index in [1.54, 1.807) is 36.4 Å². The van der Waals surface area contributed by atoms with Crippen molar-refractivity contribution in [3.63, 3.8) is 0 Å². The first-order valence-corrected chi connectivity index (χ1v) is 13.0. The highest BCUT2D eigenvalue weighted by Gasteiger charge is 2.16. The summed E-state index contributed by atoms with van der Waals surface area (Å²) < 4.78 is 63.4. The van der Waals surface area contributed by atoms with Crippen molar-refractivity contribution in [3.05, 3.63) is 72.8 Å². The Morgan fingerprint density at radius 2 is 0.794 bits per heavy atom. The summed E-state index contributed by atoms with van der Waals surface area (Å²) in [5.74, 6) is 0. The lowest BCUT2D eigenvalue weighted by atomic mass is 10.1. The molecule has 0 fully saturated rings. The molecule has 2 N–H and O–H groups in total. The molecule has 0 spiro atoms. The van der Waals surface area contributed by atoms with Crippen molar-refractivity contribution >= 4 is 53.2 Å². The third-order valence-electron chi connectivity index (χ3n) is 5.24. The van der Waals surface area contributed by atoms with Gasteiger partial charge in [-0.3, -0.25) is 9.11 Å². The van der Waals surface area contributed by atoms with Crippen LogP contribution in [0.25, 0.3) is 21.5 Å². The average Bonchev–Trinajstić information content (AvgIpc) is 2.76. The molecular formula is C24H26N2O6S2. The molecule has 0 unspecified atom stereocenters. The Morgan fingerprint density at radius 3 is 1.09 bits per heavy atom. The Labute approximate surface area is 199 Å². The second-order valence-electron chi connectivity index (χ2n) is 8.00. The molecule has 0 aliphatic rings. The van der Waals surface area contributed by atoms with E-state index in [0.717, 1.165) is 22.1 Å². The molecule has 10 heteroatoms. The molecule has 0 aliphatic heterocycles. The summed E-state index contributed by atoms with van der Waals surface area (Å²) in [6.07, 6.45) is 0. The van der Waals surface area contributed by atoms with E-state index in [2.05, 4.69) is 0 Å². The van der Waals surface area contributed by atoms with E-state index in [9.17, 15) is 25.9 Å². The molecule has 0 radical (unpaired) electrons. The first kappa shape index (κ1) is 25.4. The molecule has 0 aromatic heterocycles. The highest BCUT2D eigenvalue weighted by atomic mass is 32.2. The summed E-state index contributed by atoms with van der Waals surface area (Å²) in [6.45, 7) is 0. The second-order valence-corrected chi connectivity index (χ2v) is 10.8. The predicted molar refractivity (Wildman–Crippen MR) is 136 cm³/mol. The summed E-state index contributed by atoms with van der Waals surface area (Å²) in [6, 6.07) is 20.4. The zero-order chi connectivity index (χ0) is 25.3. The third-order valence-corrected chi connectivity index (χ3v) is 7.06. The van der Waals surface area contributed by atoms with Gasteiger partial charge in [0.2, 0.25) is 0 Å². The van der Waals surface area contributed by atoms with Gasteiger partial charge in [-0.2, -0.15) is 16.8 Å². The van der Waals surface area contributed by atoms with Gasteiger partial charge in [-0.1, -0.05) is 48.5 Å². The fraction of sp³-hybridized carbons (Fsp3) is 0.167. The van der Waals surface area contributed by atoms with Crippen LogP contribution in [0.15, 0.2) is 82.6 Å². The monoisotopic (exact) mass is 502 g/mol. The Balaban J connectivity index is 0.000000191. The van der Waals surface area contributed by atoms with Crippen LogP contribution < -0.4 is 9.80 Å². The zero-order valence-electron chi connectivity index (χ0n) is 19.2. The minimum atomic E-state index is -4.19. The highest BCUT2D eigenvalue weighted by molar-refractivity contribution is 7.86. The van der Waals surface area contributed by atoms with Crippen LogP contribution in [0.2, 0.25) is 0 Å². The van der Waals surface area contributed by atoms with Crippen LogP contribution in [0, 0.1) is 0 Å². The topological polar surface area (TPSA) is 115 Å². The van der Waals surface area contributed by atoms with Gasteiger partial charge in [-0.05, 0) is 24.3 Å². The number of rotatable bonds is 4. The average molecular weight is 503 g/mol. The summed E-state index contributed by atoms with van der Waals surface area (Å²) in [5, 5.41) is 2.66. The Morgan fingerprint density at radius 1 is 0.500 bits per heavy atom. The first-order valence-electron chi connectivity index (χ1n) is 10.2.